The Labute approximate surface area is 108 Å². The topological polar surface area (TPSA) is 101 Å². The molecule has 2 aromatic rings. The average Bonchev–Trinajstić information content (AvgIpc) is 2.90. The van der Waals surface area contributed by atoms with Crippen LogP contribution in [-0.2, 0) is 0 Å². The molecular weight excluding hydrogens is 248 g/mol. The zero-order valence-corrected chi connectivity index (χ0v) is 10.3. The van der Waals surface area contributed by atoms with Gasteiger partial charge in [0.25, 0.3) is 5.82 Å². The van der Waals surface area contributed by atoms with Gasteiger partial charge in [-0.2, -0.15) is 10.5 Å². The lowest BCUT2D eigenvalue weighted by Gasteiger charge is -2.06. The lowest BCUT2D eigenvalue weighted by atomic mass is 10.0. The number of hydrogen-bond donors (Lipinski definition) is 1. The monoisotopic (exact) mass is 257 g/mol. The molecule has 0 saturated carbocycles. The highest BCUT2D eigenvalue weighted by Crippen LogP contribution is 2.32. The van der Waals surface area contributed by atoms with E-state index in [1.165, 1.54) is 18.0 Å². The summed E-state index contributed by atoms with van der Waals surface area (Å²) >= 11 is 1.36. The zero-order valence-electron chi connectivity index (χ0n) is 9.52. The first-order chi connectivity index (χ1) is 8.72. The SMILES string of the molecule is CSc1[nH+]c(N)c(C#N)c(-c2ccco2)c1C#N. The van der Waals surface area contributed by atoms with Gasteiger partial charge in [0.2, 0.25) is 0 Å². The van der Waals surface area contributed by atoms with Gasteiger partial charge in [0.05, 0.1) is 11.8 Å². The van der Waals surface area contributed by atoms with Gasteiger partial charge in [0.15, 0.2) is 10.6 Å². The van der Waals surface area contributed by atoms with Gasteiger partial charge in [-0.05, 0) is 18.4 Å². The quantitative estimate of drug-likeness (QED) is 0.827. The Kier molecular flexibility index (Phi) is 3.22. The number of nitriles is 2. The Morgan fingerprint density at radius 3 is 2.56 bits per heavy atom. The second-order valence-corrected chi connectivity index (χ2v) is 4.21. The third kappa shape index (κ3) is 1.79. The lowest BCUT2D eigenvalue weighted by molar-refractivity contribution is -0.410. The number of nitrogens with zero attached hydrogens (tertiary/aromatic N) is 2. The molecule has 0 spiro atoms. The zero-order chi connectivity index (χ0) is 13.1. The van der Waals surface area contributed by atoms with Gasteiger partial charge >= 0.3 is 0 Å². The molecular formula is C12H9N4OS+. The number of aromatic amines is 1. The van der Waals surface area contributed by atoms with Gasteiger partial charge in [-0.3, -0.25) is 5.73 Å². The predicted molar refractivity (Wildman–Crippen MR) is 66.3 cm³/mol. The van der Waals surface area contributed by atoms with E-state index in [0.717, 1.165) is 0 Å². The molecule has 2 aromatic heterocycles. The smallest absolute Gasteiger partial charge is 0.289 e. The number of nitrogens with two attached hydrogens (primary N) is 1. The van der Waals surface area contributed by atoms with Gasteiger partial charge in [-0.15, -0.1) is 0 Å². The van der Waals surface area contributed by atoms with E-state index in [1.807, 2.05) is 12.3 Å². The van der Waals surface area contributed by atoms with Crippen LogP contribution in [0.15, 0.2) is 27.8 Å². The number of hydrogen-bond acceptors (Lipinski definition) is 5. The predicted octanol–water partition coefficient (Wildman–Crippen LogP) is 1.81. The van der Waals surface area contributed by atoms with Crippen molar-refractivity contribution in [1.82, 2.24) is 0 Å². The maximum Gasteiger partial charge on any atom is 0.289 e. The lowest BCUT2D eigenvalue weighted by Crippen LogP contribution is -2.18. The Morgan fingerprint density at radius 2 is 2.06 bits per heavy atom. The van der Waals surface area contributed by atoms with Crippen molar-refractivity contribution < 1.29 is 9.40 Å². The maximum atomic E-state index is 9.26. The summed E-state index contributed by atoms with van der Waals surface area (Å²) in [4.78, 5) is 2.85. The van der Waals surface area contributed by atoms with Crippen LogP contribution >= 0.6 is 11.8 Å². The molecule has 0 unspecified atom stereocenters. The van der Waals surface area contributed by atoms with Crippen LogP contribution in [0.3, 0.4) is 0 Å². The van der Waals surface area contributed by atoms with Crippen molar-refractivity contribution in [1.29, 1.82) is 10.5 Å². The van der Waals surface area contributed by atoms with E-state index in [-0.39, 0.29) is 11.4 Å². The van der Waals surface area contributed by atoms with Crippen molar-refractivity contribution in [3.63, 3.8) is 0 Å². The van der Waals surface area contributed by atoms with Crippen LogP contribution in [-0.4, -0.2) is 6.26 Å². The van der Waals surface area contributed by atoms with Crippen molar-refractivity contribution in [2.45, 2.75) is 5.03 Å². The van der Waals surface area contributed by atoms with E-state index in [9.17, 15) is 10.5 Å². The molecule has 0 aliphatic carbocycles. The van der Waals surface area contributed by atoms with E-state index in [4.69, 9.17) is 10.2 Å². The summed E-state index contributed by atoms with van der Waals surface area (Å²) in [6.45, 7) is 0. The largest absolute Gasteiger partial charge is 0.464 e. The summed E-state index contributed by atoms with van der Waals surface area (Å²) in [6.07, 6.45) is 3.31. The molecule has 18 heavy (non-hydrogen) atoms. The summed E-state index contributed by atoms with van der Waals surface area (Å²) in [6, 6.07) is 7.48. The van der Waals surface area contributed by atoms with E-state index >= 15 is 0 Å². The minimum Gasteiger partial charge on any atom is -0.464 e. The molecule has 0 radical (unpaired) electrons. The van der Waals surface area contributed by atoms with Gasteiger partial charge in [-0.1, -0.05) is 11.8 Å². The first kappa shape index (κ1) is 12.0. The molecule has 88 valence electrons. The first-order valence-electron chi connectivity index (χ1n) is 4.99. The summed E-state index contributed by atoms with van der Waals surface area (Å²) < 4.78 is 5.28. The fourth-order valence-corrected chi connectivity index (χ4v) is 2.23. The Bertz CT molecular complexity index is 665. The molecule has 0 bridgehead atoms. The highest BCUT2D eigenvalue weighted by molar-refractivity contribution is 7.98. The number of aromatic nitrogens is 1. The Hall–Kier alpha value is -2.44. The van der Waals surface area contributed by atoms with Crippen LogP contribution < -0.4 is 10.7 Å². The van der Waals surface area contributed by atoms with Crippen LogP contribution in [0.1, 0.15) is 11.1 Å². The van der Waals surface area contributed by atoms with E-state index in [1.54, 1.807) is 12.1 Å². The van der Waals surface area contributed by atoms with E-state index < -0.39 is 0 Å². The molecule has 0 fully saturated rings. The van der Waals surface area contributed by atoms with Crippen molar-refractivity contribution in [2.75, 3.05) is 12.0 Å². The summed E-state index contributed by atoms with van der Waals surface area (Å²) in [5.41, 5.74) is 6.82. The average molecular weight is 257 g/mol. The number of furan rings is 1. The van der Waals surface area contributed by atoms with Gasteiger partial charge < -0.3 is 4.42 Å². The third-order valence-corrected chi connectivity index (χ3v) is 3.15. The normalized spacial score (nSPS) is 9.72. The molecule has 6 heteroatoms. The number of pyridine rings is 1. The molecule has 0 aliphatic heterocycles. The summed E-state index contributed by atoms with van der Waals surface area (Å²) in [7, 11) is 0. The number of anilines is 1. The van der Waals surface area contributed by atoms with Gasteiger partial charge in [0.1, 0.15) is 23.5 Å². The maximum absolute atomic E-state index is 9.26. The van der Waals surface area contributed by atoms with Crippen molar-refractivity contribution in [3.8, 4) is 23.5 Å². The van der Waals surface area contributed by atoms with Crippen LogP contribution in [0, 0.1) is 22.7 Å². The first-order valence-corrected chi connectivity index (χ1v) is 6.22. The fraction of sp³-hybridized carbons (Fsp3) is 0.0833. The Balaban J connectivity index is 2.88. The molecule has 0 atom stereocenters. The third-order valence-electron chi connectivity index (χ3n) is 2.44. The van der Waals surface area contributed by atoms with E-state index in [2.05, 4.69) is 11.1 Å². The number of H-pyrrole nitrogens is 1. The highest BCUT2D eigenvalue weighted by atomic mass is 32.2. The van der Waals surface area contributed by atoms with Crippen LogP contribution in [0.4, 0.5) is 5.82 Å². The Morgan fingerprint density at radius 1 is 1.33 bits per heavy atom. The molecule has 0 amide bonds. The van der Waals surface area contributed by atoms with Crippen LogP contribution in [0.25, 0.3) is 11.3 Å². The fourth-order valence-electron chi connectivity index (χ4n) is 1.66. The number of rotatable bonds is 2. The second-order valence-electron chi connectivity index (χ2n) is 3.40. The van der Waals surface area contributed by atoms with Crippen molar-refractivity contribution >= 4 is 17.6 Å². The van der Waals surface area contributed by atoms with Crippen LogP contribution in [0.2, 0.25) is 0 Å². The summed E-state index contributed by atoms with van der Waals surface area (Å²) in [5.74, 6) is 0.686. The van der Waals surface area contributed by atoms with Gasteiger partial charge in [-0.25, -0.2) is 4.98 Å². The summed E-state index contributed by atoms with van der Waals surface area (Å²) in [5, 5.41) is 19.1. The molecule has 3 N–H and O–H groups in total. The van der Waals surface area contributed by atoms with Crippen molar-refractivity contribution in [3.05, 3.63) is 29.5 Å². The number of nitrogens with one attached hydrogen (secondary N) is 1. The molecule has 0 aliphatic rings. The second kappa shape index (κ2) is 4.82. The van der Waals surface area contributed by atoms with Crippen molar-refractivity contribution in [2.24, 2.45) is 0 Å². The number of nitrogen functional groups attached to an aromatic ring is 1. The molecule has 2 heterocycles. The van der Waals surface area contributed by atoms with Crippen LogP contribution in [0.5, 0.6) is 0 Å². The minimum atomic E-state index is 0.222. The molecule has 5 nitrogen and oxygen atoms in total. The molecule has 0 aromatic carbocycles. The number of thioether (sulfide) groups is 1. The standard InChI is InChI=1S/C12H8N4OS/c1-18-12-8(6-14)10(9-3-2-4-17-9)7(5-13)11(15)16-12/h2-4H,1H3,(H2,15,16)/p+1. The van der Waals surface area contributed by atoms with E-state index in [0.29, 0.717) is 21.9 Å². The molecule has 0 saturated heterocycles. The highest BCUT2D eigenvalue weighted by Gasteiger charge is 2.24. The molecule has 2 rings (SSSR count). The van der Waals surface area contributed by atoms with Gasteiger partial charge in [0, 0.05) is 0 Å². The minimum absolute atomic E-state index is 0.222.